The van der Waals surface area contributed by atoms with Gasteiger partial charge in [-0.3, -0.25) is 4.90 Å². The van der Waals surface area contributed by atoms with E-state index in [1.54, 1.807) is 11.8 Å². The van der Waals surface area contributed by atoms with Crippen LogP contribution in [0.4, 0.5) is 5.69 Å². The minimum absolute atomic E-state index is 0.601. The van der Waals surface area contributed by atoms with Crippen LogP contribution >= 0.6 is 11.8 Å². The van der Waals surface area contributed by atoms with E-state index >= 15 is 0 Å². The van der Waals surface area contributed by atoms with E-state index < -0.39 is 0 Å². The summed E-state index contributed by atoms with van der Waals surface area (Å²) >= 11 is 1.79. The fourth-order valence-electron chi connectivity index (χ4n) is 2.32. The first-order valence-electron chi connectivity index (χ1n) is 6.47. The molecule has 1 atom stereocenters. The number of likely N-dealkylation sites (N-methyl/N-ethyl adjacent to an activating group) is 2. The van der Waals surface area contributed by atoms with Crippen LogP contribution in [0.15, 0.2) is 29.2 Å². The van der Waals surface area contributed by atoms with E-state index in [1.165, 1.54) is 10.6 Å². The zero-order chi connectivity index (χ0) is 13.0. The second kappa shape index (κ2) is 6.45. The Balaban J connectivity index is 1.95. The molecule has 100 valence electrons. The first-order chi connectivity index (χ1) is 8.70. The Morgan fingerprint density at radius 3 is 2.72 bits per heavy atom. The molecule has 0 aromatic heterocycles. The van der Waals surface area contributed by atoms with E-state index in [-0.39, 0.29) is 0 Å². The van der Waals surface area contributed by atoms with Gasteiger partial charge in [-0.05, 0) is 37.6 Å². The van der Waals surface area contributed by atoms with Crippen molar-refractivity contribution in [3.63, 3.8) is 0 Å². The van der Waals surface area contributed by atoms with Crippen molar-refractivity contribution in [1.82, 2.24) is 10.2 Å². The SMILES string of the molecule is CSc1ccc(N(C)CC2CNCCN2C)cc1. The Morgan fingerprint density at radius 1 is 1.39 bits per heavy atom. The Bertz CT molecular complexity index is 366. The smallest absolute Gasteiger partial charge is 0.0393 e. The number of rotatable bonds is 4. The van der Waals surface area contributed by atoms with Crippen LogP contribution in [0.25, 0.3) is 0 Å². The van der Waals surface area contributed by atoms with E-state index in [4.69, 9.17) is 0 Å². The lowest BCUT2D eigenvalue weighted by Gasteiger charge is -2.36. The molecule has 3 nitrogen and oxygen atoms in total. The largest absolute Gasteiger partial charge is 0.373 e. The van der Waals surface area contributed by atoms with Gasteiger partial charge in [0.2, 0.25) is 0 Å². The van der Waals surface area contributed by atoms with Gasteiger partial charge in [0.1, 0.15) is 0 Å². The van der Waals surface area contributed by atoms with Crippen molar-refractivity contribution < 1.29 is 0 Å². The number of thioether (sulfide) groups is 1. The number of anilines is 1. The summed E-state index contributed by atoms with van der Waals surface area (Å²) in [7, 11) is 4.40. The molecule has 2 rings (SSSR count). The number of nitrogens with one attached hydrogen (secondary N) is 1. The van der Waals surface area contributed by atoms with E-state index in [2.05, 4.69) is 59.7 Å². The van der Waals surface area contributed by atoms with Crippen LogP contribution in [0.5, 0.6) is 0 Å². The number of hydrogen-bond donors (Lipinski definition) is 1. The monoisotopic (exact) mass is 265 g/mol. The van der Waals surface area contributed by atoms with E-state index in [1.807, 2.05) is 0 Å². The van der Waals surface area contributed by atoms with Gasteiger partial charge in [0.05, 0.1) is 0 Å². The molecule has 1 fully saturated rings. The Kier molecular flexibility index (Phi) is 4.92. The molecule has 0 radical (unpaired) electrons. The van der Waals surface area contributed by atoms with Crippen molar-refractivity contribution in [3.05, 3.63) is 24.3 Å². The van der Waals surface area contributed by atoms with Crippen LogP contribution in [-0.4, -0.2) is 57.5 Å². The maximum absolute atomic E-state index is 3.47. The Hall–Kier alpha value is -0.710. The second-order valence-electron chi connectivity index (χ2n) is 4.92. The molecule has 1 heterocycles. The maximum atomic E-state index is 3.47. The van der Waals surface area contributed by atoms with Gasteiger partial charge < -0.3 is 10.2 Å². The van der Waals surface area contributed by atoms with Crippen molar-refractivity contribution in [1.29, 1.82) is 0 Å². The molecule has 1 N–H and O–H groups in total. The second-order valence-corrected chi connectivity index (χ2v) is 5.80. The summed E-state index contributed by atoms with van der Waals surface area (Å²) in [4.78, 5) is 6.12. The Labute approximate surface area is 115 Å². The van der Waals surface area contributed by atoms with Gasteiger partial charge in [0.15, 0.2) is 0 Å². The van der Waals surface area contributed by atoms with Gasteiger partial charge in [-0.1, -0.05) is 0 Å². The molecule has 1 aliphatic rings. The van der Waals surface area contributed by atoms with Crippen molar-refractivity contribution in [2.75, 3.05) is 51.4 Å². The zero-order valence-corrected chi connectivity index (χ0v) is 12.3. The molecule has 0 amide bonds. The predicted octanol–water partition coefficient (Wildman–Crippen LogP) is 1.75. The summed E-state index contributed by atoms with van der Waals surface area (Å²) in [6.07, 6.45) is 2.11. The molecule has 1 aliphatic heterocycles. The van der Waals surface area contributed by atoms with Crippen LogP contribution in [0.2, 0.25) is 0 Å². The molecule has 1 unspecified atom stereocenters. The van der Waals surface area contributed by atoms with Gasteiger partial charge >= 0.3 is 0 Å². The molecule has 1 saturated heterocycles. The van der Waals surface area contributed by atoms with Crippen LogP contribution in [-0.2, 0) is 0 Å². The lowest BCUT2D eigenvalue weighted by Crippen LogP contribution is -2.53. The number of nitrogens with zero attached hydrogens (tertiary/aromatic N) is 2. The topological polar surface area (TPSA) is 18.5 Å². The molecule has 18 heavy (non-hydrogen) atoms. The molecular weight excluding hydrogens is 242 g/mol. The average molecular weight is 265 g/mol. The van der Waals surface area contributed by atoms with E-state index in [0.717, 1.165) is 26.2 Å². The number of benzene rings is 1. The zero-order valence-electron chi connectivity index (χ0n) is 11.5. The molecule has 4 heteroatoms. The molecule has 1 aromatic rings. The highest BCUT2D eigenvalue weighted by molar-refractivity contribution is 7.98. The fourth-order valence-corrected chi connectivity index (χ4v) is 2.73. The first-order valence-corrected chi connectivity index (χ1v) is 7.69. The minimum atomic E-state index is 0.601. The summed E-state index contributed by atoms with van der Waals surface area (Å²) in [6.45, 7) is 4.41. The Morgan fingerprint density at radius 2 is 2.11 bits per heavy atom. The van der Waals surface area contributed by atoms with Crippen LogP contribution in [0, 0.1) is 0 Å². The summed E-state index contributed by atoms with van der Waals surface area (Å²) in [5.74, 6) is 0. The molecule has 0 aliphatic carbocycles. The normalized spacial score (nSPS) is 20.9. The highest BCUT2D eigenvalue weighted by Crippen LogP contribution is 2.20. The lowest BCUT2D eigenvalue weighted by molar-refractivity contribution is 0.204. The molecule has 0 spiro atoms. The van der Waals surface area contributed by atoms with Crippen molar-refractivity contribution in [3.8, 4) is 0 Å². The third-order valence-electron chi connectivity index (χ3n) is 3.64. The molecular formula is C14H23N3S. The van der Waals surface area contributed by atoms with Gasteiger partial charge in [-0.2, -0.15) is 0 Å². The van der Waals surface area contributed by atoms with E-state index in [9.17, 15) is 0 Å². The summed E-state index contributed by atoms with van der Waals surface area (Å²) in [5.41, 5.74) is 1.30. The summed E-state index contributed by atoms with van der Waals surface area (Å²) in [6, 6.07) is 9.41. The van der Waals surface area contributed by atoms with Gasteiger partial charge in [0.25, 0.3) is 0 Å². The summed E-state index contributed by atoms with van der Waals surface area (Å²) in [5, 5.41) is 3.47. The molecule has 1 aromatic carbocycles. The van der Waals surface area contributed by atoms with Crippen molar-refractivity contribution in [2.45, 2.75) is 10.9 Å². The van der Waals surface area contributed by atoms with Crippen molar-refractivity contribution in [2.24, 2.45) is 0 Å². The van der Waals surface area contributed by atoms with Crippen molar-refractivity contribution >= 4 is 17.4 Å². The fraction of sp³-hybridized carbons (Fsp3) is 0.571. The first kappa shape index (κ1) is 13.7. The van der Waals surface area contributed by atoms with Gasteiger partial charge in [-0.15, -0.1) is 11.8 Å². The van der Waals surface area contributed by atoms with Crippen LogP contribution in [0.1, 0.15) is 0 Å². The highest BCUT2D eigenvalue weighted by Gasteiger charge is 2.19. The third-order valence-corrected chi connectivity index (χ3v) is 4.39. The maximum Gasteiger partial charge on any atom is 0.0393 e. The number of hydrogen-bond acceptors (Lipinski definition) is 4. The minimum Gasteiger partial charge on any atom is -0.373 e. The summed E-state index contributed by atoms with van der Waals surface area (Å²) < 4.78 is 0. The van der Waals surface area contributed by atoms with Gasteiger partial charge in [-0.25, -0.2) is 0 Å². The quantitative estimate of drug-likeness (QED) is 0.836. The standard InChI is InChI=1S/C14H23N3S/c1-16-9-8-15-10-13(16)11-17(2)12-4-6-14(18-3)7-5-12/h4-7,13,15H,8-11H2,1-3H3. The predicted molar refractivity (Wildman–Crippen MR) is 80.8 cm³/mol. The average Bonchev–Trinajstić information content (AvgIpc) is 2.41. The third kappa shape index (κ3) is 3.40. The highest BCUT2D eigenvalue weighted by atomic mass is 32.2. The molecule has 0 bridgehead atoms. The lowest BCUT2D eigenvalue weighted by atomic mass is 10.2. The van der Waals surface area contributed by atoms with Crippen LogP contribution < -0.4 is 10.2 Å². The van der Waals surface area contributed by atoms with Crippen LogP contribution in [0.3, 0.4) is 0 Å². The van der Waals surface area contributed by atoms with E-state index in [0.29, 0.717) is 6.04 Å². The number of piperazine rings is 1. The van der Waals surface area contributed by atoms with Gasteiger partial charge in [0, 0.05) is 49.9 Å². The molecule has 0 saturated carbocycles.